The molecule has 2 rings (SSSR count). The summed E-state index contributed by atoms with van der Waals surface area (Å²) in [6.07, 6.45) is -4.34. The SMILES string of the molecule is CCNC(=NCc1cccc(COCC(F)(F)F)c1)NCC(C)(O)c1cc(C)oc1C. The fourth-order valence-corrected chi connectivity index (χ4v) is 3.13. The van der Waals surface area contributed by atoms with Gasteiger partial charge < -0.3 is 24.9 Å². The normalized spacial score (nSPS) is 14.4. The molecule has 9 heteroatoms. The zero-order chi connectivity index (χ0) is 23.1. The second kappa shape index (κ2) is 10.7. The molecule has 2 aromatic rings. The Hall–Kier alpha value is -2.52. The van der Waals surface area contributed by atoms with Gasteiger partial charge in [-0.1, -0.05) is 24.3 Å². The Balaban J connectivity index is 1.99. The molecule has 0 aliphatic carbocycles. The predicted molar refractivity (Wildman–Crippen MR) is 113 cm³/mol. The standard InChI is InChI=1S/C22H30F3N3O3/c1-5-26-20(28-13-21(4,29)19-9-15(2)31-16(19)3)27-11-17-7-6-8-18(10-17)12-30-14-22(23,24)25/h6-10,29H,5,11-14H2,1-4H3,(H2,26,27,28). The van der Waals surface area contributed by atoms with E-state index in [-0.39, 0.29) is 13.2 Å². The minimum Gasteiger partial charge on any atom is -0.466 e. The first-order valence-electron chi connectivity index (χ1n) is 10.0. The van der Waals surface area contributed by atoms with Crippen LogP contribution in [0.25, 0.3) is 0 Å². The number of aryl methyl sites for hydroxylation is 2. The molecule has 0 fully saturated rings. The molecule has 0 amide bonds. The van der Waals surface area contributed by atoms with E-state index < -0.39 is 18.4 Å². The van der Waals surface area contributed by atoms with Gasteiger partial charge in [-0.05, 0) is 44.9 Å². The van der Waals surface area contributed by atoms with Crippen molar-refractivity contribution in [1.82, 2.24) is 10.6 Å². The fourth-order valence-electron chi connectivity index (χ4n) is 3.13. The molecule has 172 valence electrons. The first kappa shape index (κ1) is 24.7. The Labute approximate surface area is 180 Å². The number of hydrogen-bond donors (Lipinski definition) is 3. The largest absolute Gasteiger partial charge is 0.466 e. The summed E-state index contributed by atoms with van der Waals surface area (Å²) in [6.45, 7) is 7.01. The highest BCUT2D eigenvalue weighted by molar-refractivity contribution is 5.79. The van der Waals surface area contributed by atoms with Gasteiger partial charge in [0.2, 0.25) is 0 Å². The Kier molecular flexibility index (Phi) is 8.52. The molecule has 3 N–H and O–H groups in total. The zero-order valence-corrected chi connectivity index (χ0v) is 18.3. The van der Waals surface area contributed by atoms with E-state index in [2.05, 4.69) is 15.6 Å². The third kappa shape index (κ3) is 8.26. The fraction of sp³-hybridized carbons (Fsp3) is 0.500. The molecule has 0 bridgehead atoms. The second-order valence-corrected chi connectivity index (χ2v) is 7.58. The van der Waals surface area contributed by atoms with Crippen LogP contribution >= 0.6 is 0 Å². The zero-order valence-electron chi connectivity index (χ0n) is 18.3. The van der Waals surface area contributed by atoms with Crippen molar-refractivity contribution >= 4 is 5.96 Å². The van der Waals surface area contributed by atoms with Crippen LogP contribution in [0.15, 0.2) is 39.7 Å². The molecule has 0 aliphatic rings. The molecular formula is C22H30F3N3O3. The lowest BCUT2D eigenvalue weighted by atomic mass is 9.96. The molecular weight excluding hydrogens is 411 g/mol. The van der Waals surface area contributed by atoms with Crippen LogP contribution in [0, 0.1) is 13.8 Å². The van der Waals surface area contributed by atoms with Crippen LogP contribution in [0.2, 0.25) is 0 Å². The molecule has 1 atom stereocenters. The highest BCUT2D eigenvalue weighted by Gasteiger charge is 2.28. The van der Waals surface area contributed by atoms with E-state index in [1.165, 1.54) is 0 Å². The van der Waals surface area contributed by atoms with E-state index in [4.69, 9.17) is 9.15 Å². The lowest BCUT2D eigenvalue weighted by Gasteiger charge is -2.24. The molecule has 1 unspecified atom stereocenters. The number of nitrogens with one attached hydrogen (secondary N) is 2. The molecule has 0 saturated carbocycles. The Morgan fingerprint density at radius 2 is 1.87 bits per heavy atom. The molecule has 0 saturated heterocycles. The number of aliphatic imine (C=N–C) groups is 1. The van der Waals surface area contributed by atoms with Gasteiger partial charge in [0.25, 0.3) is 0 Å². The maximum Gasteiger partial charge on any atom is 0.411 e. The highest BCUT2D eigenvalue weighted by atomic mass is 19.4. The number of hydrogen-bond acceptors (Lipinski definition) is 4. The number of rotatable bonds is 9. The van der Waals surface area contributed by atoms with E-state index in [1.807, 2.05) is 32.9 Å². The van der Waals surface area contributed by atoms with Crippen molar-refractivity contribution in [1.29, 1.82) is 0 Å². The number of furan rings is 1. The summed E-state index contributed by atoms with van der Waals surface area (Å²) < 4.78 is 46.9. The molecule has 1 heterocycles. The lowest BCUT2D eigenvalue weighted by Crippen LogP contribution is -2.44. The molecule has 6 nitrogen and oxygen atoms in total. The second-order valence-electron chi connectivity index (χ2n) is 7.58. The number of aliphatic hydroxyl groups is 1. The quantitative estimate of drug-likeness (QED) is 0.406. The summed E-state index contributed by atoms with van der Waals surface area (Å²) in [5.74, 6) is 1.91. The highest BCUT2D eigenvalue weighted by Crippen LogP contribution is 2.26. The minimum atomic E-state index is -4.34. The average molecular weight is 441 g/mol. The van der Waals surface area contributed by atoms with Crippen molar-refractivity contribution < 1.29 is 27.4 Å². The third-order valence-corrected chi connectivity index (χ3v) is 4.51. The lowest BCUT2D eigenvalue weighted by molar-refractivity contribution is -0.176. The molecule has 0 radical (unpaired) electrons. The van der Waals surface area contributed by atoms with Crippen molar-refractivity contribution in [2.75, 3.05) is 19.7 Å². The third-order valence-electron chi connectivity index (χ3n) is 4.51. The summed E-state index contributed by atoms with van der Waals surface area (Å²) in [5, 5.41) is 17.1. The topological polar surface area (TPSA) is 79.0 Å². The maximum absolute atomic E-state index is 12.2. The minimum absolute atomic E-state index is 0.123. The summed E-state index contributed by atoms with van der Waals surface area (Å²) in [7, 11) is 0. The summed E-state index contributed by atoms with van der Waals surface area (Å²) in [4.78, 5) is 4.51. The van der Waals surface area contributed by atoms with Gasteiger partial charge >= 0.3 is 6.18 Å². The first-order chi connectivity index (χ1) is 14.5. The predicted octanol–water partition coefficient (Wildman–Crippen LogP) is 3.94. The van der Waals surface area contributed by atoms with Crippen LogP contribution in [0.4, 0.5) is 13.2 Å². The first-order valence-corrected chi connectivity index (χ1v) is 10.0. The number of nitrogens with zero attached hydrogens (tertiary/aromatic N) is 1. The number of alkyl halides is 3. The van der Waals surface area contributed by atoms with Crippen LogP contribution in [-0.4, -0.2) is 36.9 Å². The number of benzene rings is 1. The Morgan fingerprint density at radius 1 is 1.16 bits per heavy atom. The van der Waals surface area contributed by atoms with Gasteiger partial charge in [0.1, 0.15) is 23.7 Å². The van der Waals surface area contributed by atoms with Gasteiger partial charge in [-0.15, -0.1) is 0 Å². The molecule has 1 aromatic heterocycles. The van der Waals surface area contributed by atoms with Gasteiger partial charge in [0, 0.05) is 12.1 Å². The molecule has 1 aromatic carbocycles. The summed E-state index contributed by atoms with van der Waals surface area (Å²) >= 11 is 0. The van der Waals surface area contributed by atoms with Crippen molar-refractivity contribution in [3.8, 4) is 0 Å². The number of ether oxygens (including phenoxy) is 1. The van der Waals surface area contributed by atoms with Gasteiger partial charge in [0.05, 0.1) is 19.7 Å². The number of halogens is 3. The van der Waals surface area contributed by atoms with E-state index in [0.717, 1.165) is 11.3 Å². The smallest absolute Gasteiger partial charge is 0.411 e. The van der Waals surface area contributed by atoms with Gasteiger partial charge in [0.15, 0.2) is 5.96 Å². The van der Waals surface area contributed by atoms with Crippen LogP contribution in [0.5, 0.6) is 0 Å². The van der Waals surface area contributed by atoms with Crippen molar-refractivity contribution in [3.05, 3.63) is 58.5 Å². The molecule has 0 aliphatic heterocycles. The molecule has 0 spiro atoms. The van der Waals surface area contributed by atoms with Crippen LogP contribution in [0.3, 0.4) is 0 Å². The van der Waals surface area contributed by atoms with Gasteiger partial charge in [-0.25, -0.2) is 4.99 Å². The van der Waals surface area contributed by atoms with Crippen LogP contribution in [-0.2, 0) is 23.5 Å². The van der Waals surface area contributed by atoms with E-state index in [1.54, 1.807) is 25.1 Å². The van der Waals surface area contributed by atoms with Crippen LogP contribution < -0.4 is 10.6 Å². The van der Waals surface area contributed by atoms with Crippen molar-refractivity contribution in [2.45, 2.75) is 52.6 Å². The average Bonchev–Trinajstić information content (AvgIpc) is 3.02. The van der Waals surface area contributed by atoms with Crippen molar-refractivity contribution in [2.24, 2.45) is 4.99 Å². The molecule has 31 heavy (non-hydrogen) atoms. The van der Waals surface area contributed by atoms with E-state index in [9.17, 15) is 18.3 Å². The maximum atomic E-state index is 12.2. The monoisotopic (exact) mass is 441 g/mol. The van der Waals surface area contributed by atoms with Crippen LogP contribution in [0.1, 0.15) is 42.1 Å². The van der Waals surface area contributed by atoms with E-state index >= 15 is 0 Å². The Morgan fingerprint density at radius 3 is 2.48 bits per heavy atom. The number of guanidine groups is 1. The van der Waals surface area contributed by atoms with Crippen molar-refractivity contribution in [3.63, 3.8) is 0 Å². The summed E-state index contributed by atoms with van der Waals surface area (Å²) in [6, 6.07) is 8.88. The summed E-state index contributed by atoms with van der Waals surface area (Å²) in [5.41, 5.74) is 1.02. The van der Waals surface area contributed by atoms with E-state index in [0.29, 0.717) is 35.9 Å². The Bertz CT molecular complexity index is 876. The van der Waals surface area contributed by atoms with Gasteiger partial charge in [-0.3, -0.25) is 0 Å². The van der Waals surface area contributed by atoms with Gasteiger partial charge in [-0.2, -0.15) is 13.2 Å².